The highest BCUT2D eigenvalue weighted by Gasteiger charge is 2.46. The molecule has 4 heteroatoms. The molecule has 2 nitrogen and oxygen atoms in total. The molecule has 3 aliphatic rings. The second-order valence-electron chi connectivity index (χ2n) is 26.6. The van der Waals surface area contributed by atoms with Gasteiger partial charge in [0, 0.05) is 43.2 Å². The van der Waals surface area contributed by atoms with E-state index in [-0.39, 0.29) is 33.8 Å². The van der Waals surface area contributed by atoms with Gasteiger partial charge in [0.05, 0.1) is 11.4 Å². The van der Waals surface area contributed by atoms with Crippen LogP contribution in [0.3, 0.4) is 0 Å². The van der Waals surface area contributed by atoms with Gasteiger partial charge < -0.3 is 9.80 Å². The third-order valence-corrected chi connectivity index (χ3v) is 17.5. The zero-order chi connectivity index (χ0) is 51.0. The van der Waals surface area contributed by atoms with Gasteiger partial charge in [-0.3, -0.25) is 0 Å². The fourth-order valence-electron chi connectivity index (χ4n) is 11.8. The third kappa shape index (κ3) is 8.25. The summed E-state index contributed by atoms with van der Waals surface area (Å²) in [5.74, 6) is 0. The molecule has 1 aliphatic carbocycles. The summed E-state index contributed by atoms with van der Waals surface area (Å²) in [7, 11) is 0. The fourth-order valence-corrected chi connectivity index (χ4v) is 13.1. The van der Waals surface area contributed by atoms with Crippen LogP contribution in [0.1, 0.15) is 156 Å². The molecule has 0 saturated heterocycles. The van der Waals surface area contributed by atoms with Crippen molar-refractivity contribution in [2.45, 2.75) is 157 Å². The predicted octanol–water partition coefficient (Wildman–Crippen LogP) is 17.7. The molecule has 0 radical (unpaired) electrons. The Morgan fingerprint density at radius 1 is 0.431 bits per heavy atom. The molecule has 0 saturated carbocycles. The van der Waals surface area contributed by atoms with E-state index < -0.39 is 0 Å². The van der Waals surface area contributed by atoms with E-state index in [4.69, 9.17) is 0 Å². The molecule has 7 aromatic carbocycles. The quantitative estimate of drug-likeness (QED) is 0.162. The minimum Gasteiger partial charge on any atom is -0.311 e. The molecule has 8 aromatic rings. The highest BCUT2D eigenvalue weighted by atomic mass is 32.1. The average Bonchev–Trinajstić information content (AvgIpc) is 3.70. The molecule has 0 fully saturated rings. The lowest BCUT2D eigenvalue weighted by Crippen LogP contribution is -2.60. The zero-order valence-corrected chi connectivity index (χ0v) is 46.7. The third-order valence-electron chi connectivity index (χ3n) is 16.2. The van der Waals surface area contributed by atoms with Crippen molar-refractivity contribution in [2.24, 2.45) is 0 Å². The van der Waals surface area contributed by atoms with Crippen LogP contribution in [0.4, 0.5) is 34.1 Å². The second kappa shape index (κ2) is 16.9. The van der Waals surface area contributed by atoms with E-state index in [0.29, 0.717) is 0 Å². The van der Waals surface area contributed by atoms with Gasteiger partial charge in [-0.1, -0.05) is 183 Å². The Morgan fingerprint density at radius 2 is 1.01 bits per heavy atom. The van der Waals surface area contributed by atoms with Gasteiger partial charge in [-0.2, -0.15) is 0 Å². The van der Waals surface area contributed by atoms with Crippen LogP contribution in [-0.4, -0.2) is 6.71 Å². The first kappa shape index (κ1) is 48.4. The molecule has 3 heterocycles. The average molecular weight is 963 g/mol. The van der Waals surface area contributed by atoms with Crippen LogP contribution in [0.2, 0.25) is 0 Å². The lowest BCUT2D eigenvalue weighted by atomic mass is 9.36. The fraction of sp³-hybridized carbons (Fsp3) is 0.353. The SMILES string of the molecule is CC(C)(C)c1ccc(N2c3cccc4c3B(c3ccc(-c5cc(C(C)(C)C)cc(C(C)(C)C)c5)cc3N4c3ccc(C(C)(C)C)cc3-c3cccc4c3CCCC4)c3sc4ccc(C(C)(C)C)cc4c32)cc1. The summed E-state index contributed by atoms with van der Waals surface area (Å²) >= 11 is 1.99. The Morgan fingerprint density at radius 3 is 1.67 bits per heavy atom. The maximum Gasteiger partial charge on any atom is 0.264 e. The Kier molecular flexibility index (Phi) is 11.3. The summed E-state index contributed by atoms with van der Waals surface area (Å²) in [6, 6.07) is 53.4. The predicted molar refractivity (Wildman–Crippen MR) is 317 cm³/mol. The molecule has 366 valence electrons. The van der Waals surface area contributed by atoms with E-state index in [9.17, 15) is 0 Å². The lowest BCUT2D eigenvalue weighted by molar-refractivity contribution is 0.569. The van der Waals surface area contributed by atoms with E-state index in [1.807, 2.05) is 11.3 Å². The van der Waals surface area contributed by atoms with Crippen LogP contribution in [-0.2, 0) is 39.9 Å². The summed E-state index contributed by atoms with van der Waals surface area (Å²) in [5.41, 5.74) is 25.4. The van der Waals surface area contributed by atoms with E-state index in [2.05, 4.69) is 247 Å². The Hall–Kier alpha value is -5.84. The summed E-state index contributed by atoms with van der Waals surface area (Å²) in [5, 5.41) is 1.33. The van der Waals surface area contributed by atoms with Gasteiger partial charge in [0.15, 0.2) is 0 Å². The van der Waals surface area contributed by atoms with Crippen LogP contribution in [0.25, 0.3) is 32.3 Å². The van der Waals surface area contributed by atoms with Crippen molar-refractivity contribution >= 4 is 78.0 Å². The van der Waals surface area contributed by atoms with E-state index >= 15 is 0 Å². The summed E-state index contributed by atoms with van der Waals surface area (Å²) in [4.78, 5) is 5.32. The van der Waals surface area contributed by atoms with Crippen LogP contribution in [0.5, 0.6) is 0 Å². The van der Waals surface area contributed by atoms with E-state index in [1.165, 1.54) is 134 Å². The van der Waals surface area contributed by atoms with Gasteiger partial charge in [0.2, 0.25) is 0 Å². The highest BCUT2D eigenvalue weighted by molar-refractivity contribution is 7.33. The number of benzene rings is 7. The van der Waals surface area contributed by atoms with Crippen molar-refractivity contribution in [1.82, 2.24) is 0 Å². The molecule has 0 unspecified atom stereocenters. The van der Waals surface area contributed by atoms with Crippen LogP contribution >= 0.6 is 11.3 Å². The summed E-state index contributed by atoms with van der Waals surface area (Å²) in [6.45, 7) is 35.2. The molecular weight excluding hydrogens is 888 g/mol. The highest BCUT2D eigenvalue weighted by Crippen LogP contribution is 2.51. The maximum atomic E-state index is 2.69. The minimum atomic E-state index is -0.0254. The molecule has 1 aromatic heterocycles. The molecule has 2 aliphatic heterocycles. The first-order chi connectivity index (χ1) is 33.9. The van der Waals surface area contributed by atoms with Crippen molar-refractivity contribution in [3.05, 3.63) is 172 Å². The number of nitrogens with zero attached hydrogens (tertiary/aromatic N) is 2. The molecule has 0 N–H and O–H groups in total. The summed E-state index contributed by atoms with van der Waals surface area (Å²) in [6.07, 6.45) is 4.74. The smallest absolute Gasteiger partial charge is 0.264 e. The Labute approximate surface area is 436 Å². The molecule has 0 amide bonds. The van der Waals surface area contributed by atoms with Crippen molar-refractivity contribution < 1.29 is 0 Å². The number of hydrogen-bond donors (Lipinski definition) is 0. The number of thiophene rings is 1. The van der Waals surface area contributed by atoms with Crippen molar-refractivity contribution in [3.63, 3.8) is 0 Å². The summed E-state index contributed by atoms with van der Waals surface area (Å²) < 4.78 is 2.75. The molecule has 0 bridgehead atoms. The Bertz CT molecular complexity index is 3410. The van der Waals surface area contributed by atoms with Gasteiger partial charge in [-0.05, 0) is 174 Å². The monoisotopic (exact) mass is 963 g/mol. The number of hydrogen-bond acceptors (Lipinski definition) is 3. The molecule has 72 heavy (non-hydrogen) atoms. The van der Waals surface area contributed by atoms with Gasteiger partial charge in [-0.15, -0.1) is 11.3 Å². The van der Waals surface area contributed by atoms with Gasteiger partial charge >= 0.3 is 0 Å². The van der Waals surface area contributed by atoms with Crippen LogP contribution in [0.15, 0.2) is 133 Å². The standard InChI is InChI=1S/C68H75BN2S/c1-64(2,3)45-27-31-50(32-28-45)70-57-24-19-25-58-61(57)69(63-62(70)54-41-47(66(7,8)9)30-35-60(54)72-63)55-33-26-43(44-36-48(67(10,11)12)39-49(37-44)68(13,14)15)38-59(55)71(58)56-34-29-46(65(4,5)6)40-53(56)52-23-18-21-42-20-16-17-22-51(42)52/h18-19,21,23-41H,16-17,20,22H2,1-15H3. The Balaban J connectivity index is 1.24. The number of fused-ring (bicyclic) bond motifs is 7. The van der Waals surface area contributed by atoms with Crippen LogP contribution in [0, 0.1) is 0 Å². The minimum absolute atomic E-state index is 0.00438. The molecular formula is C68H75BN2S. The molecule has 0 atom stereocenters. The molecule has 11 rings (SSSR count). The maximum absolute atomic E-state index is 2.69. The topological polar surface area (TPSA) is 6.48 Å². The van der Waals surface area contributed by atoms with Gasteiger partial charge in [0.25, 0.3) is 6.71 Å². The first-order valence-electron chi connectivity index (χ1n) is 26.8. The van der Waals surface area contributed by atoms with Crippen molar-refractivity contribution in [1.29, 1.82) is 0 Å². The van der Waals surface area contributed by atoms with Gasteiger partial charge in [-0.25, -0.2) is 0 Å². The van der Waals surface area contributed by atoms with Gasteiger partial charge in [0.1, 0.15) is 0 Å². The van der Waals surface area contributed by atoms with Crippen molar-refractivity contribution in [3.8, 4) is 22.3 Å². The second-order valence-corrected chi connectivity index (χ2v) is 27.7. The number of rotatable bonds is 4. The normalized spacial score (nSPS) is 14.8. The number of aryl methyl sites for hydroxylation is 1. The number of anilines is 6. The van der Waals surface area contributed by atoms with E-state index in [0.717, 1.165) is 12.8 Å². The zero-order valence-electron chi connectivity index (χ0n) is 45.9. The lowest BCUT2D eigenvalue weighted by Gasteiger charge is -2.44. The van der Waals surface area contributed by atoms with Crippen molar-refractivity contribution in [2.75, 3.05) is 9.80 Å². The van der Waals surface area contributed by atoms with Crippen LogP contribution < -0.4 is 25.5 Å². The largest absolute Gasteiger partial charge is 0.311 e. The van der Waals surface area contributed by atoms with E-state index in [1.54, 1.807) is 0 Å². The first-order valence-corrected chi connectivity index (χ1v) is 27.6. The molecule has 0 spiro atoms.